The molecule has 1 aliphatic rings. The van der Waals surface area contributed by atoms with E-state index in [0.717, 1.165) is 12.0 Å². The van der Waals surface area contributed by atoms with Gasteiger partial charge in [-0.3, -0.25) is 9.59 Å². The Morgan fingerprint density at radius 2 is 1.66 bits per heavy atom. The number of carbonyl (C=O) groups excluding carboxylic acids is 2. The second-order valence-electron chi connectivity index (χ2n) is 6.49. The Morgan fingerprint density at radius 1 is 1.07 bits per heavy atom. The van der Waals surface area contributed by atoms with Gasteiger partial charge in [0.1, 0.15) is 11.7 Å². The van der Waals surface area contributed by atoms with Crippen molar-refractivity contribution in [2.45, 2.75) is 17.8 Å². The number of methoxy groups -OCH3 is 2. The Balaban J connectivity index is 2.26. The normalized spacial score (nSPS) is 24.5. The molecule has 0 aromatic heterocycles. The van der Waals surface area contributed by atoms with Crippen LogP contribution in [0, 0.1) is 5.92 Å². The van der Waals surface area contributed by atoms with Crippen LogP contribution < -0.4 is 9.64 Å². The molecule has 29 heavy (non-hydrogen) atoms. The zero-order valence-corrected chi connectivity index (χ0v) is 15.5. The molecule has 3 rings (SSSR count). The number of ether oxygens (including phenoxy) is 2. The topological polar surface area (TPSA) is 76.1 Å². The molecule has 1 aliphatic heterocycles. The predicted octanol–water partition coefficient (Wildman–Crippen LogP) is 2.87. The molecule has 1 fully saturated rings. The maximum atomic E-state index is 13.9. The highest BCUT2D eigenvalue weighted by atomic mass is 19.4. The quantitative estimate of drug-likeness (QED) is 0.786. The fourth-order valence-corrected chi connectivity index (χ4v) is 3.56. The van der Waals surface area contributed by atoms with E-state index < -0.39 is 35.6 Å². The van der Waals surface area contributed by atoms with E-state index in [0.29, 0.717) is 5.75 Å². The smallest absolute Gasteiger partial charge is 0.427 e. The van der Waals surface area contributed by atoms with Gasteiger partial charge in [0, 0.05) is 5.69 Å². The third-order valence-corrected chi connectivity index (χ3v) is 4.97. The van der Waals surface area contributed by atoms with Gasteiger partial charge in [-0.15, -0.1) is 0 Å². The van der Waals surface area contributed by atoms with Crippen LogP contribution in [0.4, 0.5) is 18.9 Å². The van der Waals surface area contributed by atoms with E-state index in [1.165, 1.54) is 43.5 Å². The van der Waals surface area contributed by atoms with Gasteiger partial charge in [-0.25, -0.2) is 0 Å². The summed E-state index contributed by atoms with van der Waals surface area (Å²) >= 11 is 0. The number of nitrogens with zero attached hydrogens (tertiary/aromatic N) is 1. The lowest BCUT2D eigenvalue weighted by Crippen LogP contribution is -2.57. The lowest BCUT2D eigenvalue weighted by Gasteiger charge is -2.29. The lowest BCUT2D eigenvalue weighted by atomic mass is 9.82. The summed E-state index contributed by atoms with van der Waals surface area (Å²) in [6.07, 6.45) is -5.41. The first kappa shape index (κ1) is 20.7. The summed E-state index contributed by atoms with van der Waals surface area (Å²) in [5.41, 5.74) is -3.63. The maximum Gasteiger partial charge on any atom is 0.427 e. The minimum absolute atomic E-state index is 0.0683. The monoisotopic (exact) mass is 409 g/mol. The van der Waals surface area contributed by atoms with E-state index in [1.807, 2.05) is 0 Å². The molecule has 0 radical (unpaired) electrons. The fourth-order valence-electron chi connectivity index (χ4n) is 3.56. The van der Waals surface area contributed by atoms with Gasteiger partial charge in [-0.1, -0.05) is 30.3 Å². The second-order valence-corrected chi connectivity index (χ2v) is 6.49. The molecule has 0 aliphatic carbocycles. The summed E-state index contributed by atoms with van der Waals surface area (Å²) in [7, 11) is 2.32. The molecule has 2 aromatic rings. The van der Waals surface area contributed by atoms with Crippen LogP contribution >= 0.6 is 0 Å². The highest BCUT2D eigenvalue weighted by Gasteiger charge is 2.75. The number of alkyl halides is 3. The Labute approximate surface area is 164 Å². The molecular formula is C20H18F3NO5. The van der Waals surface area contributed by atoms with Crippen molar-refractivity contribution in [1.29, 1.82) is 0 Å². The molecule has 9 heteroatoms. The number of carbonyl (C=O) groups is 2. The second kappa shape index (κ2) is 7.40. The standard InChI is InChI=1S/C20H18F3NO5/c1-28-14-10-8-13(9-11-14)24-16(12-6-4-3-5-7-12)15(17(25)29-2)19(27,18(24)26)20(21,22)23/h3-11,15-16,27H,1-2H3. The van der Waals surface area contributed by atoms with Crippen molar-refractivity contribution in [2.75, 3.05) is 19.1 Å². The molecule has 2 aromatic carbocycles. The summed E-state index contributed by atoms with van der Waals surface area (Å²) in [5.74, 6) is -4.79. The van der Waals surface area contributed by atoms with Crippen molar-refractivity contribution < 1.29 is 37.3 Å². The molecule has 0 saturated carbocycles. The minimum atomic E-state index is -5.41. The first-order valence-electron chi connectivity index (χ1n) is 8.56. The number of hydrogen-bond donors (Lipinski definition) is 1. The zero-order chi connectivity index (χ0) is 21.4. The minimum Gasteiger partial charge on any atom is -0.497 e. The Kier molecular flexibility index (Phi) is 5.27. The zero-order valence-electron chi connectivity index (χ0n) is 15.5. The number of amides is 1. The van der Waals surface area contributed by atoms with Crippen LogP contribution in [-0.4, -0.2) is 43.0 Å². The molecule has 1 amide bonds. The van der Waals surface area contributed by atoms with Crippen LogP contribution in [0.3, 0.4) is 0 Å². The Hall–Kier alpha value is -3.07. The number of rotatable bonds is 4. The molecular weight excluding hydrogens is 391 g/mol. The van der Waals surface area contributed by atoms with E-state index in [1.54, 1.807) is 18.2 Å². The molecule has 1 saturated heterocycles. The molecule has 1 N–H and O–H groups in total. The Bertz CT molecular complexity index is 901. The maximum absolute atomic E-state index is 13.9. The van der Waals surface area contributed by atoms with Gasteiger partial charge >= 0.3 is 12.1 Å². The third kappa shape index (κ3) is 3.21. The van der Waals surface area contributed by atoms with Crippen molar-refractivity contribution in [3.05, 3.63) is 60.2 Å². The number of aliphatic hydroxyl groups is 1. The van der Waals surface area contributed by atoms with Gasteiger partial charge in [-0.2, -0.15) is 13.2 Å². The van der Waals surface area contributed by atoms with Crippen LogP contribution in [-0.2, 0) is 14.3 Å². The molecule has 3 atom stereocenters. The van der Waals surface area contributed by atoms with Gasteiger partial charge in [-0.05, 0) is 29.8 Å². The summed E-state index contributed by atoms with van der Waals surface area (Å²) < 4.78 is 51.3. The molecule has 1 heterocycles. The van der Waals surface area contributed by atoms with Crippen molar-refractivity contribution in [1.82, 2.24) is 0 Å². The molecule has 0 spiro atoms. The predicted molar refractivity (Wildman–Crippen MR) is 96.2 cm³/mol. The van der Waals surface area contributed by atoms with Crippen molar-refractivity contribution >= 4 is 17.6 Å². The summed E-state index contributed by atoms with van der Waals surface area (Å²) in [6.45, 7) is 0. The molecule has 154 valence electrons. The highest BCUT2D eigenvalue weighted by molar-refractivity contribution is 6.07. The van der Waals surface area contributed by atoms with Crippen molar-refractivity contribution in [3.63, 3.8) is 0 Å². The van der Waals surface area contributed by atoms with Gasteiger partial charge in [0.05, 0.1) is 20.3 Å². The van der Waals surface area contributed by atoms with Crippen molar-refractivity contribution in [3.8, 4) is 5.75 Å². The summed E-state index contributed by atoms with van der Waals surface area (Å²) in [4.78, 5) is 26.1. The van der Waals surface area contributed by atoms with Crippen LogP contribution in [0.1, 0.15) is 11.6 Å². The van der Waals surface area contributed by atoms with Gasteiger partial charge in [0.25, 0.3) is 11.5 Å². The summed E-state index contributed by atoms with van der Waals surface area (Å²) in [5, 5.41) is 10.6. The third-order valence-electron chi connectivity index (χ3n) is 4.97. The molecule has 6 nitrogen and oxygen atoms in total. The number of hydrogen-bond acceptors (Lipinski definition) is 5. The van der Waals surface area contributed by atoms with E-state index in [9.17, 15) is 27.9 Å². The highest BCUT2D eigenvalue weighted by Crippen LogP contribution is 2.53. The van der Waals surface area contributed by atoms with Gasteiger partial charge in [0.15, 0.2) is 0 Å². The Morgan fingerprint density at radius 3 is 2.14 bits per heavy atom. The first-order valence-corrected chi connectivity index (χ1v) is 8.56. The number of anilines is 1. The lowest BCUT2D eigenvalue weighted by molar-refractivity contribution is -0.262. The van der Waals surface area contributed by atoms with E-state index in [2.05, 4.69) is 4.74 Å². The van der Waals surface area contributed by atoms with Crippen LogP contribution in [0.2, 0.25) is 0 Å². The first-order chi connectivity index (χ1) is 13.7. The molecule has 0 bridgehead atoms. The van der Waals surface area contributed by atoms with E-state index >= 15 is 0 Å². The molecule has 3 unspecified atom stereocenters. The largest absolute Gasteiger partial charge is 0.497 e. The van der Waals surface area contributed by atoms with Gasteiger partial charge in [0.2, 0.25) is 0 Å². The van der Waals surface area contributed by atoms with Gasteiger partial charge < -0.3 is 19.5 Å². The fraction of sp³-hybridized carbons (Fsp3) is 0.300. The number of benzene rings is 2. The number of esters is 1. The van der Waals surface area contributed by atoms with E-state index in [-0.39, 0.29) is 11.3 Å². The van der Waals surface area contributed by atoms with Crippen LogP contribution in [0.15, 0.2) is 54.6 Å². The van der Waals surface area contributed by atoms with Crippen LogP contribution in [0.25, 0.3) is 0 Å². The van der Waals surface area contributed by atoms with E-state index in [4.69, 9.17) is 4.74 Å². The summed E-state index contributed by atoms with van der Waals surface area (Å²) in [6, 6.07) is 12.0. The average molecular weight is 409 g/mol. The van der Waals surface area contributed by atoms with Crippen LogP contribution in [0.5, 0.6) is 5.75 Å². The van der Waals surface area contributed by atoms with Crippen molar-refractivity contribution in [2.24, 2.45) is 5.92 Å². The SMILES string of the molecule is COC(=O)C1C(c2ccccc2)N(c2ccc(OC)cc2)C(=O)C1(O)C(F)(F)F. The average Bonchev–Trinajstić information content (AvgIpc) is 2.96. The number of halogens is 3.